The Bertz CT molecular complexity index is 314. The summed E-state index contributed by atoms with van der Waals surface area (Å²) in [5.74, 6) is 0.574. The van der Waals surface area contributed by atoms with Gasteiger partial charge in [0.25, 0.3) is 6.43 Å². The lowest BCUT2D eigenvalue weighted by atomic mass is 10.2. The van der Waals surface area contributed by atoms with Gasteiger partial charge in [0.15, 0.2) is 0 Å². The number of aromatic nitrogens is 1. The maximum atomic E-state index is 12.2. The van der Waals surface area contributed by atoms with Crippen molar-refractivity contribution in [2.75, 3.05) is 25.0 Å². The minimum atomic E-state index is -2.34. The summed E-state index contributed by atoms with van der Waals surface area (Å²) in [6.07, 6.45) is 0.468. The van der Waals surface area contributed by atoms with E-state index in [1.54, 1.807) is 19.3 Å². The predicted molar refractivity (Wildman–Crippen MR) is 65.5 cm³/mol. The van der Waals surface area contributed by atoms with Crippen LogP contribution in [0.2, 0.25) is 0 Å². The van der Waals surface area contributed by atoms with Crippen LogP contribution in [-0.4, -0.2) is 31.5 Å². The van der Waals surface area contributed by atoms with Crippen LogP contribution < -0.4 is 10.2 Å². The third-order valence-corrected chi connectivity index (χ3v) is 2.37. The molecule has 1 aromatic heterocycles. The van der Waals surface area contributed by atoms with Crippen LogP contribution >= 0.6 is 0 Å². The summed E-state index contributed by atoms with van der Waals surface area (Å²) >= 11 is 0. The molecule has 0 aromatic carbocycles. The van der Waals surface area contributed by atoms with Crippen molar-refractivity contribution in [3.63, 3.8) is 0 Å². The Morgan fingerprint density at radius 2 is 2.18 bits per heavy atom. The molecule has 0 saturated heterocycles. The Hall–Kier alpha value is -1.23. The monoisotopic (exact) mass is 243 g/mol. The first-order valence-electron chi connectivity index (χ1n) is 5.78. The van der Waals surface area contributed by atoms with Gasteiger partial charge in [0.2, 0.25) is 0 Å². The van der Waals surface area contributed by atoms with E-state index in [1.165, 1.54) is 4.90 Å². The topological polar surface area (TPSA) is 28.2 Å². The molecule has 0 radical (unpaired) electrons. The third-order valence-electron chi connectivity index (χ3n) is 2.37. The maximum Gasteiger partial charge on any atom is 0.255 e. The highest BCUT2D eigenvalue weighted by atomic mass is 19.3. The molecule has 0 spiro atoms. The lowest BCUT2D eigenvalue weighted by Crippen LogP contribution is -2.24. The zero-order valence-corrected chi connectivity index (χ0v) is 10.3. The van der Waals surface area contributed by atoms with E-state index in [0.29, 0.717) is 5.82 Å². The van der Waals surface area contributed by atoms with Crippen LogP contribution in [0, 0.1) is 0 Å². The fourth-order valence-electron chi connectivity index (χ4n) is 1.46. The largest absolute Gasteiger partial charge is 0.354 e. The first-order chi connectivity index (χ1) is 8.13. The molecule has 0 aliphatic rings. The number of alkyl halides is 2. The number of nitrogens with one attached hydrogen (secondary N) is 1. The van der Waals surface area contributed by atoms with E-state index < -0.39 is 6.43 Å². The molecule has 0 fully saturated rings. The predicted octanol–water partition coefficient (Wildman–Crippen LogP) is 2.28. The normalized spacial score (nSPS) is 10.9. The Labute approximate surface area is 101 Å². The number of anilines is 1. The Kier molecular flexibility index (Phi) is 5.83. The fourth-order valence-corrected chi connectivity index (χ4v) is 1.46. The summed E-state index contributed by atoms with van der Waals surface area (Å²) in [6, 6.07) is 3.68. The van der Waals surface area contributed by atoms with E-state index in [4.69, 9.17) is 0 Å². The Balaban J connectivity index is 2.49. The Morgan fingerprint density at radius 1 is 1.41 bits per heavy atom. The molecule has 0 aliphatic heterocycles. The van der Waals surface area contributed by atoms with Gasteiger partial charge < -0.3 is 10.2 Å². The molecular formula is C12H19F2N3. The molecule has 0 saturated carbocycles. The van der Waals surface area contributed by atoms with Crippen molar-refractivity contribution in [1.82, 2.24) is 10.3 Å². The van der Waals surface area contributed by atoms with Crippen molar-refractivity contribution in [2.24, 2.45) is 0 Å². The second-order valence-corrected chi connectivity index (χ2v) is 3.97. The highest BCUT2D eigenvalue weighted by Crippen LogP contribution is 2.11. The molecule has 1 N–H and O–H groups in total. The number of hydrogen-bond acceptors (Lipinski definition) is 3. The highest BCUT2D eigenvalue weighted by Gasteiger charge is 2.09. The number of hydrogen-bond donors (Lipinski definition) is 1. The SMILES string of the molecule is CCCNCc1ccc(N(C)CC(F)F)nc1. The summed E-state index contributed by atoms with van der Waals surface area (Å²) in [5.41, 5.74) is 1.06. The van der Waals surface area contributed by atoms with Gasteiger partial charge >= 0.3 is 0 Å². The van der Waals surface area contributed by atoms with Crippen LogP contribution in [0.5, 0.6) is 0 Å². The first kappa shape index (κ1) is 13.8. The summed E-state index contributed by atoms with van der Waals surface area (Å²) < 4.78 is 24.4. The van der Waals surface area contributed by atoms with Crippen LogP contribution in [0.3, 0.4) is 0 Å². The Morgan fingerprint density at radius 3 is 2.71 bits per heavy atom. The van der Waals surface area contributed by atoms with Crippen molar-refractivity contribution >= 4 is 5.82 Å². The lowest BCUT2D eigenvalue weighted by molar-refractivity contribution is 0.156. The van der Waals surface area contributed by atoms with Gasteiger partial charge in [-0.05, 0) is 24.6 Å². The van der Waals surface area contributed by atoms with E-state index in [0.717, 1.165) is 25.1 Å². The van der Waals surface area contributed by atoms with Crippen LogP contribution in [0.4, 0.5) is 14.6 Å². The summed E-state index contributed by atoms with van der Waals surface area (Å²) in [5, 5.41) is 3.26. The third kappa shape index (κ3) is 5.08. The number of halogens is 2. The zero-order valence-electron chi connectivity index (χ0n) is 10.3. The van der Waals surface area contributed by atoms with Crippen LogP contribution in [0.15, 0.2) is 18.3 Å². The van der Waals surface area contributed by atoms with E-state index in [9.17, 15) is 8.78 Å². The molecule has 17 heavy (non-hydrogen) atoms. The number of pyridine rings is 1. The van der Waals surface area contributed by atoms with E-state index in [2.05, 4.69) is 17.2 Å². The smallest absolute Gasteiger partial charge is 0.255 e. The molecule has 0 bridgehead atoms. The van der Waals surface area contributed by atoms with Gasteiger partial charge in [0.05, 0.1) is 6.54 Å². The minimum Gasteiger partial charge on any atom is -0.354 e. The van der Waals surface area contributed by atoms with E-state index in [1.807, 2.05) is 6.07 Å². The van der Waals surface area contributed by atoms with Gasteiger partial charge in [0.1, 0.15) is 5.82 Å². The van der Waals surface area contributed by atoms with Gasteiger partial charge in [-0.2, -0.15) is 0 Å². The summed E-state index contributed by atoms with van der Waals surface area (Å²) in [7, 11) is 1.61. The zero-order chi connectivity index (χ0) is 12.7. The average molecular weight is 243 g/mol. The molecule has 0 unspecified atom stereocenters. The maximum absolute atomic E-state index is 12.2. The highest BCUT2D eigenvalue weighted by molar-refractivity contribution is 5.38. The van der Waals surface area contributed by atoms with Crippen LogP contribution in [0.1, 0.15) is 18.9 Å². The minimum absolute atomic E-state index is 0.291. The van der Waals surface area contributed by atoms with Gasteiger partial charge in [-0.25, -0.2) is 13.8 Å². The van der Waals surface area contributed by atoms with Gasteiger partial charge in [-0.1, -0.05) is 13.0 Å². The molecule has 1 heterocycles. The number of rotatable bonds is 7. The van der Waals surface area contributed by atoms with E-state index >= 15 is 0 Å². The first-order valence-corrected chi connectivity index (χ1v) is 5.78. The van der Waals surface area contributed by atoms with Gasteiger partial charge in [-0.3, -0.25) is 0 Å². The molecule has 5 heteroatoms. The van der Waals surface area contributed by atoms with Gasteiger partial charge in [0, 0.05) is 19.8 Å². The molecule has 1 rings (SSSR count). The fraction of sp³-hybridized carbons (Fsp3) is 0.583. The molecule has 96 valence electrons. The van der Waals surface area contributed by atoms with E-state index in [-0.39, 0.29) is 6.54 Å². The second kappa shape index (κ2) is 7.17. The molecule has 0 atom stereocenters. The molecule has 0 aliphatic carbocycles. The van der Waals surface area contributed by atoms with Crippen molar-refractivity contribution in [3.05, 3.63) is 23.9 Å². The van der Waals surface area contributed by atoms with Crippen molar-refractivity contribution < 1.29 is 8.78 Å². The van der Waals surface area contributed by atoms with Crippen LogP contribution in [-0.2, 0) is 6.54 Å². The molecule has 3 nitrogen and oxygen atoms in total. The van der Waals surface area contributed by atoms with Crippen LogP contribution in [0.25, 0.3) is 0 Å². The van der Waals surface area contributed by atoms with Crippen molar-refractivity contribution in [3.8, 4) is 0 Å². The van der Waals surface area contributed by atoms with Crippen molar-refractivity contribution in [2.45, 2.75) is 26.3 Å². The second-order valence-electron chi connectivity index (χ2n) is 3.97. The average Bonchev–Trinajstić information content (AvgIpc) is 2.29. The summed E-state index contributed by atoms with van der Waals surface area (Å²) in [6.45, 7) is 3.54. The molecule has 0 amide bonds. The van der Waals surface area contributed by atoms with Crippen molar-refractivity contribution in [1.29, 1.82) is 0 Å². The van der Waals surface area contributed by atoms with Gasteiger partial charge in [-0.15, -0.1) is 0 Å². The standard InChI is InChI=1S/C12H19F2N3/c1-3-6-15-7-10-4-5-12(16-8-10)17(2)9-11(13)14/h4-5,8,11,15H,3,6-7,9H2,1-2H3. The molecule has 1 aromatic rings. The molecular weight excluding hydrogens is 224 g/mol. The quantitative estimate of drug-likeness (QED) is 0.745. The summed E-state index contributed by atoms with van der Waals surface area (Å²) in [4.78, 5) is 5.62. The lowest BCUT2D eigenvalue weighted by Gasteiger charge is -2.17. The number of nitrogens with zero attached hydrogens (tertiary/aromatic N) is 2.